The molecule has 0 bridgehead atoms. The van der Waals surface area contributed by atoms with E-state index in [2.05, 4.69) is 67.6 Å². The van der Waals surface area contributed by atoms with Gasteiger partial charge in [-0.05, 0) is 58.7 Å². The van der Waals surface area contributed by atoms with Gasteiger partial charge < -0.3 is 0 Å². The zero-order chi connectivity index (χ0) is 15.0. The van der Waals surface area contributed by atoms with E-state index in [1.165, 1.54) is 5.56 Å². The van der Waals surface area contributed by atoms with Crippen LogP contribution in [-0.2, 0) is 6.42 Å². The Morgan fingerprint density at radius 2 is 1.95 bits per heavy atom. The molecule has 0 N–H and O–H groups in total. The highest BCUT2D eigenvalue weighted by Crippen LogP contribution is 2.29. The van der Waals surface area contributed by atoms with Gasteiger partial charge in [0.15, 0.2) is 0 Å². The number of hydrogen-bond donors (Lipinski definition) is 0. The number of aryl methyl sites for hydroxylation is 2. The average Bonchev–Trinajstić information content (AvgIpc) is 2.77. The third kappa shape index (κ3) is 2.89. The number of benzene rings is 2. The molecule has 0 radical (unpaired) electrons. The molecular weight excluding hydrogens is 415 g/mol. The minimum Gasteiger partial charge on any atom is -0.295 e. The summed E-state index contributed by atoms with van der Waals surface area (Å²) in [5.74, 6) is 1.52. The first-order chi connectivity index (χ1) is 10.1. The van der Waals surface area contributed by atoms with Crippen LogP contribution in [0.1, 0.15) is 11.4 Å². The summed E-state index contributed by atoms with van der Waals surface area (Å²) >= 11 is 13.1. The number of rotatable bonds is 3. The van der Waals surface area contributed by atoms with E-state index < -0.39 is 0 Å². The first-order valence-corrected chi connectivity index (χ1v) is 8.71. The quantitative estimate of drug-likeness (QED) is 0.494. The van der Waals surface area contributed by atoms with Gasteiger partial charge in [0.25, 0.3) is 0 Å². The molecule has 3 rings (SSSR count). The van der Waals surface area contributed by atoms with Crippen LogP contribution in [0.15, 0.2) is 45.3 Å². The molecule has 3 aromatic rings. The zero-order valence-corrected chi connectivity index (χ0v) is 15.3. The van der Waals surface area contributed by atoms with Gasteiger partial charge in [0.05, 0.1) is 16.7 Å². The maximum absolute atomic E-state index is 5.95. The van der Waals surface area contributed by atoms with Crippen LogP contribution in [-0.4, -0.2) is 15.4 Å². The molecule has 0 aliphatic rings. The Labute approximate surface area is 145 Å². The fraction of sp³-hybridized carbons (Fsp3) is 0.188. The van der Waals surface area contributed by atoms with Gasteiger partial charge in [-0.15, -0.1) is 11.6 Å². The number of aromatic nitrogens is 2. The third-order valence-electron chi connectivity index (χ3n) is 3.35. The van der Waals surface area contributed by atoms with Gasteiger partial charge in [0.1, 0.15) is 5.82 Å². The highest BCUT2D eigenvalue weighted by atomic mass is 79.9. The van der Waals surface area contributed by atoms with Crippen molar-refractivity contribution in [3.8, 4) is 5.69 Å². The summed E-state index contributed by atoms with van der Waals surface area (Å²) in [6.07, 6.45) is 0.730. The normalized spacial score (nSPS) is 11.2. The highest BCUT2D eigenvalue weighted by molar-refractivity contribution is 9.10. The van der Waals surface area contributed by atoms with Crippen LogP contribution in [0.25, 0.3) is 16.7 Å². The molecule has 0 amide bonds. The van der Waals surface area contributed by atoms with Crippen molar-refractivity contribution in [3.05, 3.63) is 56.7 Å². The topological polar surface area (TPSA) is 17.8 Å². The van der Waals surface area contributed by atoms with Gasteiger partial charge in [-0.3, -0.25) is 4.57 Å². The van der Waals surface area contributed by atoms with Crippen LogP contribution in [0.5, 0.6) is 0 Å². The molecule has 2 aromatic carbocycles. The molecule has 0 spiro atoms. The summed E-state index contributed by atoms with van der Waals surface area (Å²) < 4.78 is 4.26. The molecule has 0 fully saturated rings. The van der Waals surface area contributed by atoms with Gasteiger partial charge >= 0.3 is 0 Å². The first-order valence-electron chi connectivity index (χ1n) is 6.59. The van der Waals surface area contributed by atoms with Gasteiger partial charge in [-0.25, -0.2) is 4.98 Å². The number of hydrogen-bond acceptors (Lipinski definition) is 1. The maximum atomic E-state index is 5.95. The Morgan fingerprint density at radius 3 is 2.67 bits per heavy atom. The highest BCUT2D eigenvalue weighted by Gasteiger charge is 2.14. The van der Waals surface area contributed by atoms with Crippen LogP contribution in [0.4, 0.5) is 0 Å². The molecule has 0 saturated carbocycles. The molecule has 0 saturated heterocycles. The molecule has 1 heterocycles. The summed E-state index contributed by atoms with van der Waals surface area (Å²) in [7, 11) is 0. The lowest BCUT2D eigenvalue weighted by molar-refractivity contribution is 0.909. The van der Waals surface area contributed by atoms with Crippen LogP contribution in [0.2, 0.25) is 0 Å². The fourth-order valence-corrected chi connectivity index (χ4v) is 3.60. The summed E-state index contributed by atoms with van der Waals surface area (Å²) in [5, 5.41) is 0. The Hall–Kier alpha value is -0.840. The Balaban J connectivity index is 2.32. The van der Waals surface area contributed by atoms with Crippen molar-refractivity contribution in [2.45, 2.75) is 13.3 Å². The van der Waals surface area contributed by atoms with E-state index in [9.17, 15) is 0 Å². The lowest BCUT2D eigenvalue weighted by Crippen LogP contribution is -2.03. The molecule has 1 aromatic heterocycles. The minimum atomic E-state index is 0.550. The van der Waals surface area contributed by atoms with E-state index in [1.807, 2.05) is 12.1 Å². The van der Waals surface area contributed by atoms with E-state index in [-0.39, 0.29) is 0 Å². The lowest BCUT2D eigenvalue weighted by Gasteiger charge is -2.11. The van der Waals surface area contributed by atoms with Crippen molar-refractivity contribution in [2.24, 2.45) is 0 Å². The SMILES string of the molecule is Cc1ccc(-n2c(CCCl)nc3ccc(Br)cc32)c(Br)c1. The standard InChI is InChI=1S/C16H13Br2ClN2/c1-10-2-5-14(12(18)8-10)21-15-9-11(17)3-4-13(15)20-16(21)6-7-19/h2-5,8-9H,6-7H2,1H3. The number of halogens is 3. The molecule has 0 unspecified atom stereocenters. The lowest BCUT2D eigenvalue weighted by atomic mass is 10.2. The molecule has 21 heavy (non-hydrogen) atoms. The summed E-state index contributed by atoms with van der Waals surface area (Å²) in [5.41, 5.74) is 4.36. The maximum Gasteiger partial charge on any atom is 0.115 e. The number of fused-ring (bicyclic) bond motifs is 1. The largest absolute Gasteiger partial charge is 0.295 e. The molecule has 2 nitrogen and oxygen atoms in total. The predicted octanol–water partition coefficient (Wildman–Crippen LogP) is 5.64. The van der Waals surface area contributed by atoms with Crippen molar-refractivity contribution in [2.75, 3.05) is 5.88 Å². The van der Waals surface area contributed by atoms with Crippen molar-refractivity contribution in [1.82, 2.24) is 9.55 Å². The molecule has 0 aliphatic heterocycles. The van der Waals surface area contributed by atoms with Crippen molar-refractivity contribution >= 4 is 54.5 Å². The Kier molecular flexibility index (Phi) is 4.38. The van der Waals surface area contributed by atoms with E-state index in [4.69, 9.17) is 16.6 Å². The molecule has 5 heteroatoms. The molecule has 0 atom stereocenters. The minimum absolute atomic E-state index is 0.550. The molecule has 108 valence electrons. The van der Waals surface area contributed by atoms with Crippen LogP contribution >= 0.6 is 43.5 Å². The van der Waals surface area contributed by atoms with Crippen molar-refractivity contribution < 1.29 is 0 Å². The van der Waals surface area contributed by atoms with Crippen molar-refractivity contribution in [3.63, 3.8) is 0 Å². The smallest absolute Gasteiger partial charge is 0.115 e. The van der Waals surface area contributed by atoms with Gasteiger partial charge in [0, 0.05) is 21.2 Å². The predicted molar refractivity (Wildman–Crippen MR) is 95.6 cm³/mol. The van der Waals surface area contributed by atoms with Gasteiger partial charge in [-0.1, -0.05) is 22.0 Å². The van der Waals surface area contributed by atoms with E-state index >= 15 is 0 Å². The number of imidazole rings is 1. The molecular formula is C16H13Br2ClN2. The number of nitrogens with zero attached hydrogens (tertiary/aromatic N) is 2. The third-order valence-corrected chi connectivity index (χ3v) is 4.67. The average molecular weight is 429 g/mol. The summed E-state index contributed by atoms with van der Waals surface area (Å²) in [6.45, 7) is 2.08. The van der Waals surface area contributed by atoms with E-state index in [1.54, 1.807) is 0 Å². The second-order valence-electron chi connectivity index (χ2n) is 4.89. The fourth-order valence-electron chi connectivity index (χ4n) is 2.41. The Bertz CT molecular complexity index is 811. The van der Waals surface area contributed by atoms with Crippen LogP contribution in [0.3, 0.4) is 0 Å². The van der Waals surface area contributed by atoms with E-state index in [0.29, 0.717) is 5.88 Å². The Morgan fingerprint density at radius 1 is 1.14 bits per heavy atom. The zero-order valence-electron chi connectivity index (χ0n) is 11.4. The molecule has 0 aliphatic carbocycles. The summed E-state index contributed by atoms with van der Waals surface area (Å²) in [4.78, 5) is 4.72. The van der Waals surface area contributed by atoms with Crippen LogP contribution in [0, 0.1) is 6.92 Å². The summed E-state index contributed by atoms with van der Waals surface area (Å²) in [6, 6.07) is 12.5. The van der Waals surface area contributed by atoms with E-state index in [0.717, 1.165) is 37.9 Å². The second-order valence-corrected chi connectivity index (χ2v) is 7.04. The van der Waals surface area contributed by atoms with Crippen molar-refractivity contribution in [1.29, 1.82) is 0 Å². The second kappa shape index (κ2) is 6.11. The van der Waals surface area contributed by atoms with Gasteiger partial charge in [-0.2, -0.15) is 0 Å². The number of alkyl halides is 1. The van der Waals surface area contributed by atoms with Crippen LogP contribution < -0.4 is 0 Å². The first kappa shape index (κ1) is 15.1. The monoisotopic (exact) mass is 426 g/mol. The van der Waals surface area contributed by atoms with Gasteiger partial charge in [0.2, 0.25) is 0 Å².